The van der Waals surface area contributed by atoms with Crippen molar-refractivity contribution in [3.63, 3.8) is 0 Å². The number of hydrogen-bond donors (Lipinski definition) is 0. The smallest absolute Gasteiger partial charge is 0.119 e. The van der Waals surface area contributed by atoms with Crippen LogP contribution >= 0.6 is 0 Å². The zero-order valence-corrected chi connectivity index (χ0v) is 31.0. The van der Waals surface area contributed by atoms with Crippen molar-refractivity contribution in [2.75, 3.05) is 23.0 Å². The third-order valence-corrected chi connectivity index (χ3v) is 9.10. The molecule has 0 radical (unpaired) electrons. The van der Waals surface area contributed by atoms with Crippen LogP contribution in [0.4, 0.5) is 34.1 Å². The van der Waals surface area contributed by atoms with Gasteiger partial charge < -0.3 is 19.3 Å². The quantitative estimate of drug-likeness (QED) is 0.0823. The van der Waals surface area contributed by atoms with Gasteiger partial charge in [0, 0.05) is 22.7 Å². The molecular weight excluding hydrogens is 669 g/mol. The number of rotatable bonds is 18. The standard InChI is InChI=1S/C46H44N6O2/c1-3-5-7-9-28-53-41-24-20-37(21-25-41)51(45-18-11-14-35(31-47)43(45)33-49)39-16-13-17-40(30-39)52(46-19-12-15-36(32-48)44(46)34-50)38-22-26-42(27-23-38)54-29-10-8-6-4-2/h11-27,30H,3-10,28-29H2,1-2H3. The van der Waals surface area contributed by atoms with E-state index >= 15 is 0 Å². The fraction of sp³-hybridized carbons (Fsp3) is 0.261. The molecule has 0 aliphatic carbocycles. The van der Waals surface area contributed by atoms with Crippen molar-refractivity contribution in [1.82, 2.24) is 0 Å². The first-order valence-electron chi connectivity index (χ1n) is 18.6. The van der Waals surface area contributed by atoms with Crippen LogP contribution in [0.25, 0.3) is 0 Å². The van der Waals surface area contributed by atoms with Crippen LogP contribution in [0.2, 0.25) is 0 Å². The molecule has 270 valence electrons. The lowest BCUT2D eigenvalue weighted by Gasteiger charge is -2.30. The molecule has 0 aromatic heterocycles. The third kappa shape index (κ3) is 9.37. The van der Waals surface area contributed by atoms with E-state index in [0.29, 0.717) is 36.0 Å². The van der Waals surface area contributed by atoms with E-state index in [9.17, 15) is 21.0 Å². The van der Waals surface area contributed by atoms with Gasteiger partial charge in [-0.05, 0) is 104 Å². The van der Waals surface area contributed by atoms with Crippen LogP contribution in [0.5, 0.6) is 11.5 Å². The normalized spacial score (nSPS) is 10.3. The molecule has 0 saturated heterocycles. The maximum atomic E-state index is 10.3. The molecule has 0 spiro atoms. The lowest BCUT2D eigenvalue weighted by Crippen LogP contribution is -2.15. The highest BCUT2D eigenvalue weighted by atomic mass is 16.5. The summed E-state index contributed by atoms with van der Waals surface area (Å²) in [6, 6.07) is 42.5. The number of nitrogens with zero attached hydrogens (tertiary/aromatic N) is 6. The van der Waals surface area contributed by atoms with Gasteiger partial charge in [0.1, 0.15) is 35.8 Å². The van der Waals surface area contributed by atoms with Gasteiger partial charge in [-0.25, -0.2) is 0 Å². The van der Waals surface area contributed by atoms with Crippen LogP contribution in [-0.4, -0.2) is 13.2 Å². The second kappa shape index (κ2) is 19.8. The van der Waals surface area contributed by atoms with Gasteiger partial charge in [-0.3, -0.25) is 0 Å². The van der Waals surface area contributed by atoms with E-state index in [4.69, 9.17) is 9.47 Å². The van der Waals surface area contributed by atoms with E-state index < -0.39 is 0 Å². The van der Waals surface area contributed by atoms with Gasteiger partial charge in [0.25, 0.3) is 0 Å². The van der Waals surface area contributed by atoms with E-state index in [1.165, 1.54) is 12.8 Å². The SMILES string of the molecule is CCCCCCOc1ccc(N(c2cccc(N(c3ccc(OCCCCCC)cc3)c3cccc(C#N)c3C#N)c2)c2cccc(C#N)c2C#N)cc1. The average Bonchev–Trinajstić information content (AvgIpc) is 3.22. The van der Waals surface area contributed by atoms with Gasteiger partial charge in [-0.1, -0.05) is 70.6 Å². The Kier molecular flexibility index (Phi) is 14.1. The summed E-state index contributed by atoms with van der Waals surface area (Å²) in [7, 11) is 0. The Morgan fingerprint density at radius 3 is 1.22 bits per heavy atom. The molecule has 0 amide bonds. The molecule has 5 rings (SSSR count). The monoisotopic (exact) mass is 712 g/mol. The minimum absolute atomic E-state index is 0.247. The highest BCUT2D eigenvalue weighted by Gasteiger charge is 2.23. The van der Waals surface area contributed by atoms with Crippen molar-refractivity contribution in [3.05, 3.63) is 131 Å². The second-order valence-corrected chi connectivity index (χ2v) is 12.8. The molecule has 8 heteroatoms. The van der Waals surface area contributed by atoms with Gasteiger partial charge in [-0.2, -0.15) is 21.0 Å². The van der Waals surface area contributed by atoms with Gasteiger partial charge in [0.15, 0.2) is 0 Å². The highest BCUT2D eigenvalue weighted by Crippen LogP contribution is 2.43. The molecule has 0 aliphatic rings. The molecule has 5 aromatic carbocycles. The lowest BCUT2D eigenvalue weighted by molar-refractivity contribution is 0.305. The summed E-state index contributed by atoms with van der Waals surface area (Å²) in [5, 5.41) is 40.5. The van der Waals surface area contributed by atoms with Crippen molar-refractivity contribution >= 4 is 34.1 Å². The molecule has 0 bridgehead atoms. The molecular formula is C46H44N6O2. The summed E-state index contributed by atoms with van der Waals surface area (Å²) in [6.45, 7) is 5.63. The van der Waals surface area contributed by atoms with Crippen molar-refractivity contribution in [2.24, 2.45) is 0 Å². The van der Waals surface area contributed by atoms with Crippen molar-refractivity contribution in [2.45, 2.75) is 65.2 Å². The number of nitriles is 4. The number of hydrogen-bond acceptors (Lipinski definition) is 8. The van der Waals surface area contributed by atoms with Gasteiger partial charge >= 0.3 is 0 Å². The number of unbranched alkanes of at least 4 members (excludes halogenated alkanes) is 6. The molecule has 0 aliphatic heterocycles. The average molecular weight is 713 g/mol. The molecule has 0 N–H and O–H groups in total. The zero-order valence-electron chi connectivity index (χ0n) is 31.0. The van der Waals surface area contributed by atoms with Crippen molar-refractivity contribution in [3.8, 4) is 35.8 Å². The zero-order chi connectivity index (χ0) is 38.1. The molecule has 0 saturated carbocycles. The Balaban J connectivity index is 1.60. The minimum atomic E-state index is 0.247. The van der Waals surface area contributed by atoms with Crippen LogP contribution in [-0.2, 0) is 0 Å². The summed E-state index contributed by atoms with van der Waals surface area (Å²) < 4.78 is 12.1. The van der Waals surface area contributed by atoms with Crippen LogP contribution in [0.15, 0.2) is 109 Å². The molecule has 54 heavy (non-hydrogen) atoms. The van der Waals surface area contributed by atoms with Crippen molar-refractivity contribution in [1.29, 1.82) is 21.0 Å². The largest absolute Gasteiger partial charge is 0.494 e. The Bertz CT molecular complexity index is 2020. The molecule has 0 fully saturated rings. The molecule has 0 unspecified atom stereocenters. The Morgan fingerprint density at radius 1 is 0.444 bits per heavy atom. The maximum Gasteiger partial charge on any atom is 0.119 e. The first-order chi connectivity index (χ1) is 26.6. The predicted octanol–water partition coefficient (Wildman–Crippen LogP) is 12.0. The molecule has 0 heterocycles. The summed E-state index contributed by atoms with van der Waals surface area (Å²) in [4.78, 5) is 3.89. The summed E-state index contributed by atoms with van der Waals surface area (Å²) in [6.07, 6.45) is 8.88. The third-order valence-electron chi connectivity index (χ3n) is 9.10. The number of anilines is 6. The van der Waals surface area contributed by atoms with Gasteiger partial charge in [0.05, 0.1) is 46.8 Å². The molecule has 8 nitrogen and oxygen atoms in total. The molecule has 0 atom stereocenters. The number of benzene rings is 5. The van der Waals surface area contributed by atoms with Crippen LogP contribution in [0.1, 0.15) is 87.5 Å². The van der Waals surface area contributed by atoms with E-state index in [1.54, 1.807) is 24.3 Å². The van der Waals surface area contributed by atoms with Crippen LogP contribution < -0.4 is 19.3 Å². The summed E-state index contributed by atoms with van der Waals surface area (Å²) in [5.41, 5.74) is 5.04. The lowest BCUT2D eigenvalue weighted by atomic mass is 10.0. The second-order valence-electron chi connectivity index (χ2n) is 12.8. The van der Waals surface area contributed by atoms with Crippen molar-refractivity contribution < 1.29 is 9.47 Å². The first kappa shape index (κ1) is 38.5. The van der Waals surface area contributed by atoms with E-state index in [1.807, 2.05) is 94.7 Å². The topological polar surface area (TPSA) is 120 Å². The molecule has 5 aromatic rings. The Morgan fingerprint density at radius 2 is 0.852 bits per heavy atom. The van der Waals surface area contributed by atoms with E-state index in [0.717, 1.165) is 61.4 Å². The van der Waals surface area contributed by atoms with E-state index in [-0.39, 0.29) is 22.3 Å². The maximum absolute atomic E-state index is 10.3. The minimum Gasteiger partial charge on any atom is -0.494 e. The fourth-order valence-corrected chi connectivity index (χ4v) is 6.32. The first-order valence-corrected chi connectivity index (χ1v) is 18.6. The summed E-state index contributed by atoms with van der Waals surface area (Å²) >= 11 is 0. The van der Waals surface area contributed by atoms with Gasteiger partial charge in [-0.15, -0.1) is 0 Å². The van der Waals surface area contributed by atoms with Crippen LogP contribution in [0.3, 0.4) is 0 Å². The highest BCUT2D eigenvalue weighted by molar-refractivity contribution is 5.87. The summed E-state index contributed by atoms with van der Waals surface area (Å²) in [5.74, 6) is 1.49. The number of ether oxygens (including phenoxy) is 2. The fourth-order valence-electron chi connectivity index (χ4n) is 6.32. The Labute approximate surface area is 319 Å². The van der Waals surface area contributed by atoms with E-state index in [2.05, 4.69) is 38.1 Å². The predicted molar refractivity (Wildman–Crippen MR) is 214 cm³/mol. The van der Waals surface area contributed by atoms with Crippen LogP contribution in [0, 0.1) is 45.3 Å². The van der Waals surface area contributed by atoms with Gasteiger partial charge in [0.2, 0.25) is 0 Å². The Hall–Kier alpha value is -6.74.